The molecule has 1 heterocycles. The first-order valence-corrected chi connectivity index (χ1v) is 5.76. The van der Waals surface area contributed by atoms with Crippen molar-refractivity contribution in [1.29, 1.82) is 0 Å². The monoisotopic (exact) mass is 200 g/mol. The van der Waals surface area contributed by atoms with Crippen molar-refractivity contribution >= 4 is 0 Å². The van der Waals surface area contributed by atoms with Crippen LogP contribution in [0.4, 0.5) is 0 Å². The van der Waals surface area contributed by atoms with Crippen LogP contribution in [0.15, 0.2) is 0 Å². The number of unbranched alkanes of at least 4 members (excludes halogenated alkanes) is 1. The van der Waals surface area contributed by atoms with E-state index in [1.54, 1.807) is 0 Å². The molecule has 1 fully saturated rings. The van der Waals surface area contributed by atoms with Crippen molar-refractivity contribution in [3.63, 3.8) is 0 Å². The van der Waals surface area contributed by atoms with Crippen LogP contribution in [-0.4, -0.2) is 44.3 Å². The van der Waals surface area contributed by atoms with Crippen LogP contribution >= 0.6 is 0 Å². The molecule has 14 heavy (non-hydrogen) atoms. The number of ether oxygens (including phenoxy) is 1. The second kappa shape index (κ2) is 6.38. The van der Waals surface area contributed by atoms with Crippen LogP contribution in [-0.2, 0) is 4.74 Å². The molecular weight excluding hydrogens is 176 g/mol. The first kappa shape index (κ1) is 12.0. The lowest BCUT2D eigenvalue weighted by Gasteiger charge is -2.31. The van der Waals surface area contributed by atoms with Crippen LogP contribution in [0.25, 0.3) is 0 Å². The Hall–Kier alpha value is -0.120. The van der Waals surface area contributed by atoms with Crippen molar-refractivity contribution in [2.45, 2.75) is 32.2 Å². The molecule has 2 unspecified atom stereocenters. The highest BCUT2D eigenvalue weighted by molar-refractivity contribution is 4.78. The van der Waals surface area contributed by atoms with E-state index in [1.165, 1.54) is 19.4 Å². The van der Waals surface area contributed by atoms with Gasteiger partial charge in [0.05, 0.1) is 6.61 Å². The number of nitrogens with two attached hydrogens (primary N) is 1. The van der Waals surface area contributed by atoms with Crippen LogP contribution in [0.5, 0.6) is 0 Å². The van der Waals surface area contributed by atoms with Crippen molar-refractivity contribution in [2.75, 3.05) is 33.4 Å². The van der Waals surface area contributed by atoms with Gasteiger partial charge in [0.15, 0.2) is 0 Å². The molecule has 0 amide bonds. The summed E-state index contributed by atoms with van der Waals surface area (Å²) in [7, 11) is 2.18. The number of rotatable bonds is 5. The number of hydrogen-bond donors (Lipinski definition) is 1. The normalized spacial score (nSPS) is 28.3. The highest BCUT2D eigenvalue weighted by Gasteiger charge is 2.23. The molecule has 0 saturated carbocycles. The maximum absolute atomic E-state index is 6.05. The largest absolute Gasteiger partial charge is 0.381 e. The van der Waals surface area contributed by atoms with E-state index in [1.807, 2.05) is 0 Å². The van der Waals surface area contributed by atoms with Gasteiger partial charge in [0.25, 0.3) is 0 Å². The molecule has 1 aliphatic rings. The highest BCUT2D eigenvalue weighted by Crippen LogP contribution is 2.13. The van der Waals surface area contributed by atoms with Crippen LogP contribution in [0.1, 0.15) is 26.2 Å². The lowest BCUT2D eigenvalue weighted by molar-refractivity contribution is 0.0293. The SMILES string of the molecule is CCCCN(C)CC1COCCC1N. The Kier molecular flexibility index (Phi) is 5.45. The third-order valence-electron chi connectivity index (χ3n) is 2.97. The Morgan fingerprint density at radius 3 is 2.93 bits per heavy atom. The zero-order valence-electron chi connectivity index (χ0n) is 9.54. The van der Waals surface area contributed by atoms with E-state index in [0.29, 0.717) is 12.0 Å². The summed E-state index contributed by atoms with van der Waals surface area (Å²) in [6, 6.07) is 0.341. The molecule has 2 N–H and O–H groups in total. The summed E-state index contributed by atoms with van der Waals surface area (Å²) in [5, 5.41) is 0. The van der Waals surface area contributed by atoms with E-state index in [9.17, 15) is 0 Å². The quantitative estimate of drug-likeness (QED) is 0.722. The molecule has 84 valence electrons. The maximum atomic E-state index is 6.05. The Morgan fingerprint density at radius 1 is 1.50 bits per heavy atom. The van der Waals surface area contributed by atoms with Gasteiger partial charge in [-0.25, -0.2) is 0 Å². The molecule has 3 heteroatoms. The Balaban J connectivity index is 2.20. The molecule has 0 aliphatic carbocycles. The van der Waals surface area contributed by atoms with E-state index in [-0.39, 0.29) is 0 Å². The summed E-state index contributed by atoms with van der Waals surface area (Å²) in [6.07, 6.45) is 3.56. The first-order chi connectivity index (χ1) is 6.74. The standard InChI is InChI=1S/C11H24N2O/c1-3-4-6-13(2)8-10-9-14-7-5-11(10)12/h10-11H,3-9,12H2,1-2H3. The molecule has 1 aliphatic heterocycles. The molecular formula is C11H24N2O. The fourth-order valence-electron chi connectivity index (χ4n) is 1.92. The number of hydrogen-bond acceptors (Lipinski definition) is 3. The minimum absolute atomic E-state index is 0.341. The van der Waals surface area contributed by atoms with Crippen LogP contribution in [0.2, 0.25) is 0 Å². The van der Waals surface area contributed by atoms with Gasteiger partial charge in [-0.1, -0.05) is 13.3 Å². The zero-order chi connectivity index (χ0) is 10.4. The topological polar surface area (TPSA) is 38.5 Å². The fourth-order valence-corrected chi connectivity index (χ4v) is 1.92. The molecule has 0 bridgehead atoms. The van der Waals surface area contributed by atoms with Gasteiger partial charge in [0.1, 0.15) is 0 Å². The zero-order valence-corrected chi connectivity index (χ0v) is 9.54. The van der Waals surface area contributed by atoms with E-state index in [0.717, 1.165) is 26.2 Å². The Bertz CT molecular complexity index is 152. The fraction of sp³-hybridized carbons (Fsp3) is 1.00. The molecule has 3 nitrogen and oxygen atoms in total. The summed E-state index contributed by atoms with van der Waals surface area (Å²) in [5.74, 6) is 0.533. The van der Waals surface area contributed by atoms with Crippen LogP contribution < -0.4 is 5.73 Å². The number of nitrogens with zero attached hydrogens (tertiary/aromatic N) is 1. The van der Waals surface area contributed by atoms with Gasteiger partial charge in [0.2, 0.25) is 0 Å². The molecule has 0 radical (unpaired) electrons. The highest BCUT2D eigenvalue weighted by atomic mass is 16.5. The second-order valence-electron chi connectivity index (χ2n) is 4.40. The van der Waals surface area contributed by atoms with Gasteiger partial charge in [0, 0.05) is 25.1 Å². The van der Waals surface area contributed by atoms with Crippen molar-refractivity contribution in [2.24, 2.45) is 11.7 Å². The van der Waals surface area contributed by atoms with Gasteiger partial charge in [-0.3, -0.25) is 0 Å². The Labute approximate surface area is 87.6 Å². The summed E-state index contributed by atoms with van der Waals surface area (Å²) in [6.45, 7) is 6.18. The average Bonchev–Trinajstić information content (AvgIpc) is 2.18. The van der Waals surface area contributed by atoms with E-state index in [2.05, 4.69) is 18.9 Å². The minimum Gasteiger partial charge on any atom is -0.381 e. The molecule has 0 aromatic carbocycles. The summed E-state index contributed by atoms with van der Waals surface area (Å²) >= 11 is 0. The molecule has 1 rings (SSSR count). The van der Waals surface area contributed by atoms with E-state index in [4.69, 9.17) is 10.5 Å². The molecule has 2 atom stereocenters. The summed E-state index contributed by atoms with van der Waals surface area (Å²) < 4.78 is 5.45. The molecule has 0 spiro atoms. The lowest BCUT2D eigenvalue weighted by Crippen LogP contribution is -2.44. The smallest absolute Gasteiger partial charge is 0.0521 e. The van der Waals surface area contributed by atoms with Gasteiger partial charge in [-0.05, 0) is 26.4 Å². The van der Waals surface area contributed by atoms with Gasteiger partial charge >= 0.3 is 0 Å². The average molecular weight is 200 g/mol. The predicted molar refractivity (Wildman–Crippen MR) is 59.3 cm³/mol. The van der Waals surface area contributed by atoms with Crippen LogP contribution in [0, 0.1) is 5.92 Å². The van der Waals surface area contributed by atoms with Crippen molar-refractivity contribution in [3.05, 3.63) is 0 Å². The van der Waals surface area contributed by atoms with Gasteiger partial charge in [-0.15, -0.1) is 0 Å². The lowest BCUT2D eigenvalue weighted by atomic mass is 9.96. The van der Waals surface area contributed by atoms with Gasteiger partial charge < -0.3 is 15.4 Å². The van der Waals surface area contributed by atoms with Gasteiger partial charge in [-0.2, -0.15) is 0 Å². The van der Waals surface area contributed by atoms with Crippen molar-refractivity contribution in [1.82, 2.24) is 4.90 Å². The first-order valence-electron chi connectivity index (χ1n) is 5.76. The van der Waals surface area contributed by atoms with Crippen LogP contribution in [0.3, 0.4) is 0 Å². The Morgan fingerprint density at radius 2 is 2.29 bits per heavy atom. The van der Waals surface area contributed by atoms with Crippen molar-refractivity contribution in [3.8, 4) is 0 Å². The third kappa shape index (κ3) is 3.95. The van der Waals surface area contributed by atoms with E-state index < -0.39 is 0 Å². The summed E-state index contributed by atoms with van der Waals surface area (Å²) in [4.78, 5) is 2.38. The van der Waals surface area contributed by atoms with Crippen molar-refractivity contribution < 1.29 is 4.74 Å². The molecule has 0 aromatic heterocycles. The maximum Gasteiger partial charge on any atom is 0.0521 e. The predicted octanol–water partition coefficient (Wildman–Crippen LogP) is 1.08. The van der Waals surface area contributed by atoms with E-state index >= 15 is 0 Å². The third-order valence-corrected chi connectivity index (χ3v) is 2.97. The minimum atomic E-state index is 0.341. The summed E-state index contributed by atoms with van der Waals surface area (Å²) in [5.41, 5.74) is 6.05. The molecule has 1 saturated heterocycles. The molecule has 0 aromatic rings. The second-order valence-corrected chi connectivity index (χ2v) is 4.40.